The van der Waals surface area contributed by atoms with Crippen molar-refractivity contribution in [2.75, 3.05) is 0 Å². The molecule has 0 bridgehead atoms. The zero-order valence-electron chi connectivity index (χ0n) is 9.86. The fourth-order valence-electron chi connectivity index (χ4n) is 1.69. The Bertz CT molecular complexity index is 560. The van der Waals surface area contributed by atoms with E-state index in [1.165, 1.54) is 12.1 Å². The van der Waals surface area contributed by atoms with Gasteiger partial charge in [0.25, 0.3) is 0 Å². The monoisotopic (exact) mass is 310 g/mol. The van der Waals surface area contributed by atoms with Crippen LogP contribution in [0.1, 0.15) is 29.3 Å². The molecule has 1 aromatic carbocycles. The summed E-state index contributed by atoms with van der Waals surface area (Å²) in [5, 5.41) is 4.10. The van der Waals surface area contributed by atoms with Crippen molar-refractivity contribution in [1.82, 2.24) is 9.78 Å². The molecule has 0 saturated heterocycles. The van der Waals surface area contributed by atoms with Crippen LogP contribution < -0.4 is 0 Å². The van der Waals surface area contributed by atoms with Gasteiger partial charge in [-0.1, -0.05) is 22.9 Å². The number of carbonyl (C=O) groups excluding carboxylic acids is 1. The minimum Gasteiger partial charge on any atom is -0.294 e. The van der Waals surface area contributed by atoms with Crippen molar-refractivity contribution in [3.8, 4) is 0 Å². The molecule has 0 aliphatic carbocycles. The van der Waals surface area contributed by atoms with Gasteiger partial charge in [-0.05, 0) is 23.8 Å². The van der Waals surface area contributed by atoms with Crippen molar-refractivity contribution in [3.05, 3.63) is 52.0 Å². The number of aromatic nitrogens is 2. The van der Waals surface area contributed by atoms with Crippen molar-refractivity contribution < 1.29 is 9.18 Å². The van der Waals surface area contributed by atoms with E-state index < -0.39 is 0 Å². The van der Waals surface area contributed by atoms with E-state index in [1.807, 2.05) is 13.0 Å². The van der Waals surface area contributed by atoms with E-state index in [2.05, 4.69) is 21.0 Å². The van der Waals surface area contributed by atoms with Crippen LogP contribution in [0.3, 0.4) is 0 Å². The highest BCUT2D eigenvalue weighted by atomic mass is 79.9. The van der Waals surface area contributed by atoms with Crippen LogP contribution in [0.15, 0.2) is 35.1 Å². The second kappa shape index (κ2) is 5.44. The Morgan fingerprint density at radius 1 is 1.44 bits per heavy atom. The maximum Gasteiger partial charge on any atom is 0.165 e. The van der Waals surface area contributed by atoms with E-state index in [4.69, 9.17) is 0 Å². The molecular formula is C13H12BrFN2O. The quantitative estimate of drug-likeness (QED) is 0.811. The van der Waals surface area contributed by atoms with E-state index in [0.717, 1.165) is 5.56 Å². The smallest absolute Gasteiger partial charge is 0.165 e. The third-order valence-electron chi connectivity index (χ3n) is 2.54. The van der Waals surface area contributed by atoms with E-state index in [9.17, 15) is 9.18 Å². The van der Waals surface area contributed by atoms with Crippen molar-refractivity contribution in [1.29, 1.82) is 0 Å². The highest BCUT2D eigenvalue weighted by molar-refractivity contribution is 9.10. The second-order valence-corrected chi connectivity index (χ2v) is 4.90. The minimum atomic E-state index is -0.295. The Hall–Kier alpha value is -1.49. The van der Waals surface area contributed by atoms with E-state index in [-0.39, 0.29) is 11.6 Å². The van der Waals surface area contributed by atoms with Crippen LogP contribution in [0.4, 0.5) is 4.39 Å². The molecule has 0 radical (unpaired) electrons. The number of halogens is 2. The molecule has 3 nitrogen and oxygen atoms in total. The van der Waals surface area contributed by atoms with Gasteiger partial charge in [-0.25, -0.2) is 4.39 Å². The van der Waals surface area contributed by atoms with Crippen LogP contribution in [0.5, 0.6) is 0 Å². The molecule has 0 atom stereocenters. The van der Waals surface area contributed by atoms with Gasteiger partial charge in [-0.2, -0.15) is 5.10 Å². The Morgan fingerprint density at radius 3 is 2.89 bits per heavy atom. The first-order chi connectivity index (χ1) is 8.58. The van der Waals surface area contributed by atoms with Gasteiger partial charge < -0.3 is 0 Å². The van der Waals surface area contributed by atoms with Gasteiger partial charge in [-0.3, -0.25) is 9.48 Å². The predicted molar refractivity (Wildman–Crippen MR) is 70.1 cm³/mol. The molecule has 1 heterocycles. The molecule has 5 heteroatoms. The number of hydrogen-bond acceptors (Lipinski definition) is 2. The summed E-state index contributed by atoms with van der Waals surface area (Å²) in [5.74, 6) is -0.238. The van der Waals surface area contributed by atoms with E-state index in [1.54, 1.807) is 17.1 Å². The van der Waals surface area contributed by atoms with E-state index in [0.29, 0.717) is 23.0 Å². The molecule has 1 aromatic heterocycles. The number of hydrogen-bond donors (Lipinski definition) is 0. The summed E-state index contributed by atoms with van der Waals surface area (Å²) >= 11 is 3.24. The lowest BCUT2D eigenvalue weighted by Crippen LogP contribution is -2.01. The van der Waals surface area contributed by atoms with Crippen LogP contribution in [0.2, 0.25) is 0 Å². The summed E-state index contributed by atoms with van der Waals surface area (Å²) in [6, 6.07) is 4.68. The van der Waals surface area contributed by atoms with Crippen LogP contribution in [-0.2, 0) is 6.54 Å². The van der Waals surface area contributed by atoms with Gasteiger partial charge in [0.05, 0.1) is 18.3 Å². The van der Waals surface area contributed by atoms with Crippen LogP contribution in [0.25, 0.3) is 0 Å². The molecule has 94 valence electrons. The maximum absolute atomic E-state index is 13.2. The summed E-state index contributed by atoms with van der Waals surface area (Å²) in [6.45, 7) is 2.25. The molecule has 2 aromatic rings. The molecule has 0 N–H and O–H groups in total. The fourth-order valence-corrected chi connectivity index (χ4v) is 2.20. The number of ketones is 1. The Morgan fingerprint density at radius 2 is 2.22 bits per heavy atom. The van der Waals surface area contributed by atoms with Crippen molar-refractivity contribution in [3.63, 3.8) is 0 Å². The minimum absolute atomic E-state index is 0.0571. The Labute approximate surface area is 113 Å². The molecule has 0 saturated carbocycles. The zero-order valence-corrected chi connectivity index (χ0v) is 11.4. The van der Waals surface area contributed by atoms with Crippen LogP contribution in [-0.4, -0.2) is 15.6 Å². The molecular weight excluding hydrogens is 299 g/mol. The van der Waals surface area contributed by atoms with Crippen LogP contribution in [0, 0.1) is 5.82 Å². The summed E-state index contributed by atoms with van der Waals surface area (Å²) in [7, 11) is 0. The van der Waals surface area contributed by atoms with Gasteiger partial charge >= 0.3 is 0 Å². The number of Topliss-reactive ketones (excluding diaryl/α,β-unsaturated/α-hetero) is 1. The molecule has 0 aliphatic rings. The first-order valence-electron chi connectivity index (χ1n) is 5.59. The molecule has 0 amide bonds. The fraction of sp³-hybridized carbons (Fsp3) is 0.231. The Balaban J connectivity index is 2.18. The molecule has 2 rings (SSSR count). The van der Waals surface area contributed by atoms with Gasteiger partial charge in [0.2, 0.25) is 0 Å². The average Bonchev–Trinajstić information content (AvgIpc) is 2.75. The van der Waals surface area contributed by atoms with Gasteiger partial charge in [0.1, 0.15) is 5.82 Å². The molecule has 18 heavy (non-hydrogen) atoms. The van der Waals surface area contributed by atoms with Crippen LogP contribution >= 0.6 is 15.9 Å². The molecule has 0 unspecified atom stereocenters. The van der Waals surface area contributed by atoms with Gasteiger partial charge in [0, 0.05) is 17.1 Å². The second-order valence-electron chi connectivity index (χ2n) is 3.98. The molecule has 0 spiro atoms. The van der Waals surface area contributed by atoms with Crippen molar-refractivity contribution in [2.45, 2.75) is 19.9 Å². The lowest BCUT2D eigenvalue weighted by Gasteiger charge is -2.03. The normalized spacial score (nSPS) is 10.6. The lowest BCUT2D eigenvalue weighted by atomic mass is 10.2. The number of nitrogens with zero attached hydrogens (tertiary/aromatic N) is 2. The lowest BCUT2D eigenvalue weighted by molar-refractivity contribution is 0.0988. The van der Waals surface area contributed by atoms with Gasteiger partial charge in [-0.15, -0.1) is 0 Å². The predicted octanol–water partition coefficient (Wildman–Crippen LogP) is 3.43. The Kier molecular flexibility index (Phi) is 3.91. The standard InChI is InChI=1S/C13H12BrFN2O/c1-2-13(18)10-6-16-17(8-10)7-9-3-11(14)5-12(15)4-9/h3-6,8H,2,7H2,1H3. The zero-order chi connectivity index (χ0) is 13.1. The highest BCUT2D eigenvalue weighted by Crippen LogP contribution is 2.16. The topological polar surface area (TPSA) is 34.9 Å². The maximum atomic E-state index is 13.2. The molecule has 0 aliphatic heterocycles. The van der Waals surface area contributed by atoms with Crippen molar-refractivity contribution in [2.24, 2.45) is 0 Å². The van der Waals surface area contributed by atoms with Crippen molar-refractivity contribution >= 4 is 21.7 Å². The summed E-state index contributed by atoms with van der Waals surface area (Å²) in [4.78, 5) is 11.5. The third-order valence-corrected chi connectivity index (χ3v) is 3.00. The SMILES string of the molecule is CCC(=O)c1cnn(Cc2cc(F)cc(Br)c2)c1. The largest absolute Gasteiger partial charge is 0.294 e. The summed E-state index contributed by atoms with van der Waals surface area (Å²) in [5.41, 5.74) is 1.38. The third kappa shape index (κ3) is 3.04. The molecule has 0 fully saturated rings. The highest BCUT2D eigenvalue weighted by Gasteiger charge is 2.07. The number of benzene rings is 1. The first-order valence-corrected chi connectivity index (χ1v) is 6.38. The summed E-state index contributed by atoms with van der Waals surface area (Å²) in [6.07, 6.45) is 3.68. The number of rotatable bonds is 4. The average molecular weight is 311 g/mol. The van der Waals surface area contributed by atoms with Gasteiger partial charge in [0.15, 0.2) is 5.78 Å². The van der Waals surface area contributed by atoms with E-state index >= 15 is 0 Å². The number of carbonyl (C=O) groups is 1. The first kappa shape index (κ1) is 13.0. The summed E-state index contributed by atoms with van der Waals surface area (Å²) < 4.78 is 15.5.